The maximum atomic E-state index is 11.0. The summed E-state index contributed by atoms with van der Waals surface area (Å²) in [5.74, 6) is 1.25. The van der Waals surface area contributed by atoms with Gasteiger partial charge < -0.3 is 9.13 Å². The molecular weight excluding hydrogens is 831 g/mol. The van der Waals surface area contributed by atoms with Gasteiger partial charge in [0.15, 0.2) is 17.5 Å². The Bertz CT molecular complexity index is 3900. The van der Waals surface area contributed by atoms with Crippen LogP contribution in [-0.2, 0) is 10.8 Å². The standard InChI is InChI=1S/C61H47N7/c1-60(2,3)42-29-31-51-47(34-42)45-22-10-12-25-49(45)67(51)53-27-15-21-41(37-63)55(53)58-64-57(39-18-8-7-9-19-39)65-59(66-58)56-44(40-20-14-17-38(33-40)36-62)24-16-28-54(56)68-50-26-13-11-23-46(50)48-35-43(61(4,5)6)30-32-52(48)68/h7-35H,1-6H3. The molecule has 11 aromatic rings. The van der Waals surface area contributed by atoms with E-state index in [1.54, 1.807) is 0 Å². The van der Waals surface area contributed by atoms with Gasteiger partial charge in [0.2, 0.25) is 0 Å². The molecule has 0 aliphatic rings. The molecule has 0 aliphatic carbocycles. The van der Waals surface area contributed by atoms with E-state index in [4.69, 9.17) is 15.0 Å². The molecule has 3 heterocycles. The molecule has 326 valence electrons. The number of hydrogen-bond donors (Lipinski definition) is 0. The first kappa shape index (κ1) is 42.0. The molecule has 0 radical (unpaired) electrons. The first-order chi connectivity index (χ1) is 32.9. The van der Waals surface area contributed by atoms with E-state index >= 15 is 0 Å². The third kappa shape index (κ3) is 6.99. The van der Waals surface area contributed by atoms with Crippen LogP contribution >= 0.6 is 0 Å². The number of nitrogens with zero attached hydrogens (tertiary/aromatic N) is 7. The van der Waals surface area contributed by atoms with Crippen molar-refractivity contribution in [3.63, 3.8) is 0 Å². The predicted octanol–water partition coefficient (Wildman–Crippen LogP) is 15.1. The zero-order valence-corrected chi connectivity index (χ0v) is 38.9. The maximum absolute atomic E-state index is 11.0. The Morgan fingerprint density at radius 3 is 1.46 bits per heavy atom. The molecule has 11 rings (SSSR count). The topological polar surface area (TPSA) is 96.1 Å². The van der Waals surface area contributed by atoms with Crippen molar-refractivity contribution < 1.29 is 0 Å². The molecule has 7 nitrogen and oxygen atoms in total. The van der Waals surface area contributed by atoms with Crippen LogP contribution in [0.1, 0.15) is 63.8 Å². The van der Waals surface area contributed by atoms with Crippen LogP contribution < -0.4 is 0 Å². The van der Waals surface area contributed by atoms with E-state index in [1.807, 2.05) is 66.7 Å². The maximum Gasteiger partial charge on any atom is 0.167 e. The number of hydrogen-bond acceptors (Lipinski definition) is 5. The Balaban J connectivity index is 1.26. The van der Waals surface area contributed by atoms with Crippen LogP contribution in [0.4, 0.5) is 0 Å². The lowest BCUT2D eigenvalue weighted by Crippen LogP contribution is -2.10. The normalized spacial score (nSPS) is 11.9. The minimum Gasteiger partial charge on any atom is -0.308 e. The Morgan fingerprint density at radius 1 is 0.397 bits per heavy atom. The Hall–Kier alpha value is -8.65. The van der Waals surface area contributed by atoms with Gasteiger partial charge in [-0.2, -0.15) is 10.5 Å². The van der Waals surface area contributed by atoms with E-state index in [1.165, 1.54) is 11.1 Å². The molecule has 0 saturated heterocycles. The van der Waals surface area contributed by atoms with Crippen LogP contribution in [0.2, 0.25) is 0 Å². The number of fused-ring (bicyclic) bond motifs is 6. The van der Waals surface area contributed by atoms with Crippen molar-refractivity contribution in [3.8, 4) is 68.8 Å². The second-order valence-electron chi connectivity index (χ2n) is 19.5. The van der Waals surface area contributed by atoms with Gasteiger partial charge in [-0.3, -0.25) is 0 Å². The van der Waals surface area contributed by atoms with Crippen LogP contribution in [0, 0.1) is 22.7 Å². The summed E-state index contributed by atoms with van der Waals surface area (Å²) in [5, 5.41) is 25.7. The molecule has 0 bridgehead atoms. The molecular formula is C61H47N7. The van der Waals surface area contributed by atoms with Gasteiger partial charge >= 0.3 is 0 Å². The summed E-state index contributed by atoms with van der Waals surface area (Å²) in [6, 6.07) is 65.0. The highest BCUT2D eigenvalue weighted by Gasteiger charge is 2.27. The van der Waals surface area contributed by atoms with Crippen molar-refractivity contribution in [2.75, 3.05) is 0 Å². The third-order valence-electron chi connectivity index (χ3n) is 13.2. The molecule has 0 spiro atoms. The summed E-state index contributed by atoms with van der Waals surface area (Å²) in [6.07, 6.45) is 0. The van der Waals surface area contributed by atoms with Gasteiger partial charge in [-0.15, -0.1) is 0 Å². The van der Waals surface area contributed by atoms with Crippen molar-refractivity contribution in [2.24, 2.45) is 0 Å². The van der Waals surface area contributed by atoms with Crippen LogP contribution in [0.25, 0.3) is 100 Å². The number of nitriles is 2. The summed E-state index contributed by atoms with van der Waals surface area (Å²) in [4.78, 5) is 16.2. The summed E-state index contributed by atoms with van der Waals surface area (Å²) >= 11 is 0. The summed E-state index contributed by atoms with van der Waals surface area (Å²) in [6.45, 7) is 13.4. The zero-order valence-electron chi connectivity index (χ0n) is 38.9. The summed E-state index contributed by atoms with van der Waals surface area (Å²) in [5.41, 5.74) is 12.9. The van der Waals surface area contributed by atoms with Crippen molar-refractivity contribution >= 4 is 43.6 Å². The van der Waals surface area contributed by atoms with Gasteiger partial charge in [0.05, 0.1) is 67.8 Å². The molecule has 0 aliphatic heterocycles. The minimum atomic E-state index is -0.0590. The monoisotopic (exact) mass is 877 g/mol. The summed E-state index contributed by atoms with van der Waals surface area (Å²) in [7, 11) is 0. The van der Waals surface area contributed by atoms with E-state index in [0.717, 1.165) is 77.2 Å². The number of aromatic nitrogens is 5. The van der Waals surface area contributed by atoms with Gasteiger partial charge in [0.25, 0.3) is 0 Å². The highest BCUT2D eigenvalue weighted by Crippen LogP contribution is 2.44. The largest absolute Gasteiger partial charge is 0.308 e. The molecule has 0 amide bonds. The molecule has 68 heavy (non-hydrogen) atoms. The van der Waals surface area contributed by atoms with Crippen molar-refractivity contribution in [1.82, 2.24) is 24.1 Å². The van der Waals surface area contributed by atoms with E-state index < -0.39 is 0 Å². The molecule has 3 aromatic heterocycles. The highest BCUT2D eigenvalue weighted by atomic mass is 15.1. The molecule has 0 saturated carbocycles. The molecule has 0 N–H and O–H groups in total. The zero-order chi connectivity index (χ0) is 46.9. The lowest BCUT2D eigenvalue weighted by molar-refractivity contribution is 0.591. The van der Waals surface area contributed by atoms with E-state index in [-0.39, 0.29) is 10.8 Å². The average Bonchev–Trinajstić information content (AvgIpc) is 3.87. The lowest BCUT2D eigenvalue weighted by atomic mass is 9.86. The van der Waals surface area contributed by atoms with Gasteiger partial charge in [0.1, 0.15) is 0 Å². The van der Waals surface area contributed by atoms with Gasteiger partial charge in [-0.1, -0.05) is 151 Å². The van der Waals surface area contributed by atoms with Crippen molar-refractivity contribution in [2.45, 2.75) is 52.4 Å². The van der Waals surface area contributed by atoms with Gasteiger partial charge in [0, 0.05) is 27.1 Å². The van der Waals surface area contributed by atoms with Crippen LogP contribution in [0.15, 0.2) is 176 Å². The Kier molecular flexibility index (Phi) is 9.92. The average molecular weight is 878 g/mol. The van der Waals surface area contributed by atoms with E-state index in [9.17, 15) is 10.5 Å². The minimum absolute atomic E-state index is 0.0575. The summed E-state index contributed by atoms with van der Waals surface area (Å²) < 4.78 is 4.56. The molecule has 0 fully saturated rings. The first-order valence-corrected chi connectivity index (χ1v) is 23.0. The van der Waals surface area contributed by atoms with Crippen molar-refractivity contribution in [1.29, 1.82) is 10.5 Å². The molecule has 7 heteroatoms. The smallest absolute Gasteiger partial charge is 0.167 e. The van der Waals surface area contributed by atoms with Gasteiger partial charge in [-0.05, 0) is 99.8 Å². The van der Waals surface area contributed by atoms with E-state index in [2.05, 4.69) is 172 Å². The van der Waals surface area contributed by atoms with E-state index in [0.29, 0.717) is 34.2 Å². The fourth-order valence-corrected chi connectivity index (χ4v) is 9.73. The number of rotatable bonds is 6. The fraction of sp³-hybridized carbons (Fsp3) is 0.131. The van der Waals surface area contributed by atoms with Crippen molar-refractivity contribution in [3.05, 3.63) is 198 Å². The first-order valence-electron chi connectivity index (χ1n) is 23.0. The lowest BCUT2D eigenvalue weighted by Gasteiger charge is -2.20. The van der Waals surface area contributed by atoms with Gasteiger partial charge in [-0.25, -0.2) is 15.0 Å². The predicted molar refractivity (Wildman–Crippen MR) is 277 cm³/mol. The number of benzene rings is 8. The molecule has 8 aromatic carbocycles. The van der Waals surface area contributed by atoms with Crippen LogP contribution in [0.3, 0.4) is 0 Å². The Labute approximate surface area is 395 Å². The second kappa shape index (κ2) is 16.0. The SMILES string of the molecule is CC(C)(C)c1ccc2c(c1)c1ccccc1n2-c1cccc(C#N)c1-c1nc(-c2ccccc2)nc(-c2c(-c3cccc(C#N)c3)cccc2-n2c3ccccc3c3cc(C(C)(C)C)ccc32)n1. The second-order valence-corrected chi connectivity index (χ2v) is 19.5. The molecule has 0 unspecified atom stereocenters. The van der Waals surface area contributed by atoms with Crippen LogP contribution in [-0.4, -0.2) is 24.1 Å². The highest BCUT2D eigenvalue weighted by molar-refractivity contribution is 6.11. The number of para-hydroxylation sites is 2. The Morgan fingerprint density at radius 2 is 0.882 bits per heavy atom. The quantitative estimate of drug-likeness (QED) is 0.166. The van der Waals surface area contributed by atoms with Crippen LogP contribution in [0.5, 0.6) is 0 Å². The third-order valence-corrected chi connectivity index (χ3v) is 13.2. The molecule has 0 atom stereocenters. The fourth-order valence-electron chi connectivity index (χ4n) is 9.73.